The molecule has 0 saturated heterocycles. The first-order valence-electron chi connectivity index (χ1n) is 5.77. The van der Waals surface area contributed by atoms with E-state index in [1.807, 2.05) is 0 Å². The van der Waals surface area contributed by atoms with Crippen LogP contribution in [-0.4, -0.2) is 12.5 Å². The topological polar surface area (TPSA) is 38.3 Å². The van der Waals surface area contributed by atoms with Gasteiger partial charge < -0.3 is 10.1 Å². The fourth-order valence-electron chi connectivity index (χ4n) is 1.63. The number of benzene rings is 2. The van der Waals surface area contributed by atoms with E-state index in [9.17, 15) is 13.6 Å². The van der Waals surface area contributed by atoms with Crippen LogP contribution in [-0.2, 0) is 0 Å². The highest BCUT2D eigenvalue weighted by Gasteiger charge is 2.15. The summed E-state index contributed by atoms with van der Waals surface area (Å²) in [5.41, 5.74) is 0.455. The molecule has 0 unspecified atom stereocenters. The van der Waals surface area contributed by atoms with E-state index in [0.717, 1.165) is 0 Å². The number of nitrogens with one attached hydrogen (secondary N) is 1. The van der Waals surface area contributed by atoms with E-state index in [2.05, 4.69) is 26.0 Å². The lowest BCUT2D eigenvalue weighted by Crippen LogP contribution is -2.14. The van der Waals surface area contributed by atoms with Crippen molar-refractivity contribution in [3.63, 3.8) is 0 Å². The molecule has 110 valence electrons. The van der Waals surface area contributed by atoms with Crippen molar-refractivity contribution in [1.82, 2.24) is 0 Å². The third-order valence-electron chi connectivity index (χ3n) is 2.53. The molecule has 2 rings (SSSR count). The second-order valence-electron chi connectivity index (χ2n) is 3.96. The molecule has 0 fully saturated rings. The number of carbonyl (C=O) groups excluding carboxylic acids is 1. The molecular weight excluding hydrogens is 368 g/mol. The normalized spacial score (nSPS) is 10.5. The van der Waals surface area contributed by atoms with Gasteiger partial charge in [-0.2, -0.15) is 8.78 Å². The number of para-hydroxylation sites is 1. The van der Waals surface area contributed by atoms with E-state index in [-0.39, 0.29) is 11.3 Å². The van der Waals surface area contributed by atoms with Gasteiger partial charge in [-0.3, -0.25) is 4.79 Å². The number of amides is 1. The zero-order chi connectivity index (χ0) is 15.4. The van der Waals surface area contributed by atoms with E-state index >= 15 is 0 Å². The van der Waals surface area contributed by atoms with Crippen molar-refractivity contribution in [3.8, 4) is 5.75 Å². The predicted octanol–water partition coefficient (Wildman–Crippen LogP) is 4.96. The first-order valence-corrected chi connectivity index (χ1v) is 6.94. The molecule has 0 aliphatic heterocycles. The largest absolute Gasteiger partial charge is 0.434 e. The standard InChI is InChI=1S/C14H9BrClF2NO2/c15-10-6-5-8(7-11(10)16)19-13(20)9-3-1-2-4-12(9)21-14(17)18/h1-7,14H,(H,19,20). The van der Waals surface area contributed by atoms with E-state index < -0.39 is 12.5 Å². The average molecular weight is 377 g/mol. The Hall–Kier alpha value is -1.66. The molecule has 7 heteroatoms. The van der Waals surface area contributed by atoms with Crippen LogP contribution in [0, 0.1) is 0 Å². The second-order valence-corrected chi connectivity index (χ2v) is 5.22. The number of halogens is 4. The van der Waals surface area contributed by atoms with Crippen LogP contribution in [0.4, 0.5) is 14.5 Å². The molecular formula is C14H9BrClF2NO2. The van der Waals surface area contributed by atoms with Gasteiger partial charge in [0.1, 0.15) is 5.75 Å². The molecule has 0 saturated carbocycles. The van der Waals surface area contributed by atoms with Crippen molar-refractivity contribution in [2.24, 2.45) is 0 Å². The van der Waals surface area contributed by atoms with Crippen molar-refractivity contribution in [2.45, 2.75) is 6.61 Å². The monoisotopic (exact) mass is 375 g/mol. The highest BCUT2D eigenvalue weighted by molar-refractivity contribution is 9.10. The van der Waals surface area contributed by atoms with Gasteiger partial charge in [-0.25, -0.2) is 0 Å². The first kappa shape index (κ1) is 15.7. The number of alkyl halides is 2. The summed E-state index contributed by atoms with van der Waals surface area (Å²) in [7, 11) is 0. The van der Waals surface area contributed by atoms with Gasteiger partial charge in [-0.05, 0) is 46.3 Å². The van der Waals surface area contributed by atoms with Crippen LogP contribution in [0.1, 0.15) is 10.4 Å². The summed E-state index contributed by atoms with van der Waals surface area (Å²) >= 11 is 9.15. The van der Waals surface area contributed by atoms with Gasteiger partial charge in [0.25, 0.3) is 5.91 Å². The van der Waals surface area contributed by atoms with Crippen molar-refractivity contribution < 1.29 is 18.3 Å². The maximum atomic E-state index is 12.3. The molecule has 0 radical (unpaired) electrons. The number of anilines is 1. The minimum absolute atomic E-state index is 0.0110. The second kappa shape index (κ2) is 6.87. The third-order valence-corrected chi connectivity index (χ3v) is 3.76. The highest BCUT2D eigenvalue weighted by Crippen LogP contribution is 2.27. The van der Waals surface area contributed by atoms with Gasteiger partial charge in [-0.15, -0.1) is 0 Å². The SMILES string of the molecule is O=C(Nc1ccc(Br)c(Cl)c1)c1ccccc1OC(F)F. The lowest BCUT2D eigenvalue weighted by atomic mass is 10.2. The molecule has 0 atom stereocenters. The summed E-state index contributed by atoms with van der Waals surface area (Å²) in [6.45, 7) is -3.00. The molecule has 0 spiro atoms. The van der Waals surface area contributed by atoms with Crippen LogP contribution in [0.3, 0.4) is 0 Å². The van der Waals surface area contributed by atoms with E-state index in [0.29, 0.717) is 15.2 Å². The molecule has 0 aliphatic carbocycles. The molecule has 2 aromatic carbocycles. The van der Waals surface area contributed by atoms with Crippen molar-refractivity contribution >= 4 is 39.1 Å². The number of carbonyl (C=O) groups is 1. The molecule has 1 amide bonds. The fourth-order valence-corrected chi connectivity index (χ4v) is 2.05. The Morgan fingerprint density at radius 2 is 1.95 bits per heavy atom. The summed E-state index contributed by atoms with van der Waals surface area (Å²) in [5, 5.41) is 2.99. The quantitative estimate of drug-likeness (QED) is 0.819. The first-order chi connectivity index (χ1) is 9.97. The Labute approximate surface area is 133 Å². The van der Waals surface area contributed by atoms with Gasteiger partial charge in [0.2, 0.25) is 0 Å². The summed E-state index contributed by atoms with van der Waals surface area (Å²) < 4.78 is 29.6. The average Bonchev–Trinajstić information content (AvgIpc) is 2.43. The van der Waals surface area contributed by atoms with Crippen LogP contribution < -0.4 is 10.1 Å². The number of hydrogen-bond donors (Lipinski definition) is 1. The van der Waals surface area contributed by atoms with Crippen molar-refractivity contribution in [3.05, 3.63) is 57.5 Å². The smallest absolute Gasteiger partial charge is 0.387 e. The van der Waals surface area contributed by atoms with Crippen LogP contribution in [0.2, 0.25) is 5.02 Å². The zero-order valence-corrected chi connectivity index (χ0v) is 12.8. The lowest BCUT2D eigenvalue weighted by Gasteiger charge is -2.11. The van der Waals surface area contributed by atoms with E-state index in [1.165, 1.54) is 18.2 Å². The Kier molecular flexibility index (Phi) is 5.14. The van der Waals surface area contributed by atoms with Crippen LogP contribution in [0.25, 0.3) is 0 Å². The van der Waals surface area contributed by atoms with Gasteiger partial charge in [-0.1, -0.05) is 23.7 Å². The van der Waals surface area contributed by atoms with E-state index in [1.54, 1.807) is 24.3 Å². The molecule has 3 nitrogen and oxygen atoms in total. The van der Waals surface area contributed by atoms with Gasteiger partial charge in [0, 0.05) is 10.2 Å². The molecule has 0 bridgehead atoms. The van der Waals surface area contributed by atoms with E-state index in [4.69, 9.17) is 11.6 Å². The van der Waals surface area contributed by atoms with Crippen molar-refractivity contribution in [1.29, 1.82) is 0 Å². The summed E-state index contributed by atoms with van der Waals surface area (Å²) in [6.07, 6.45) is 0. The predicted molar refractivity (Wildman–Crippen MR) is 80.2 cm³/mol. The Bertz CT molecular complexity index is 667. The van der Waals surface area contributed by atoms with Crippen LogP contribution in [0.5, 0.6) is 5.75 Å². The molecule has 2 aromatic rings. The minimum Gasteiger partial charge on any atom is -0.434 e. The number of hydrogen-bond acceptors (Lipinski definition) is 2. The fraction of sp³-hybridized carbons (Fsp3) is 0.0714. The Balaban J connectivity index is 2.22. The maximum absolute atomic E-state index is 12.3. The molecule has 0 aromatic heterocycles. The third kappa shape index (κ3) is 4.15. The Morgan fingerprint density at radius 3 is 2.62 bits per heavy atom. The van der Waals surface area contributed by atoms with Gasteiger partial charge >= 0.3 is 6.61 Å². The zero-order valence-electron chi connectivity index (χ0n) is 10.4. The van der Waals surface area contributed by atoms with Crippen LogP contribution >= 0.6 is 27.5 Å². The molecule has 0 heterocycles. The minimum atomic E-state index is -3.00. The van der Waals surface area contributed by atoms with Crippen molar-refractivity contribution in [2.75, 3.05) is 5.32 Å². The number of ether oxygens (including phenoxy) is 1. The maximum Gasteiger partial charge on any atom is 0.387 e. The van der Waals surface area contributed by atoms with Gasteiger partial charge in [0.05, 0.1) is 10.6 Å². The van der Waals surface area contributed by atoms with Crippen LogP contribution in [0.15, 0.2) is 46.9 Å². The summed E-state index contributed by atoms with van der Waals surface area (Å²) in [5.74, 6) is -0.752. The molecule has 0 aliphatic rings. The summed E-state index contributed by atoms with van der Waals surface area (Å²) in [6, 6.07) is 10.6. The highest BCUT2D eigenvalue weighted by atomic mass is 79.9. The molecule has 1 N–H and O–H groups in total. The summed E-state index contributed by atoms with van der Waals surface area (Å²) in [4.78, 5) is 12.1. The molecule has 21 heavy (non-hydrogen) atoms. The number of rotatable bonds is 4. The lowest BCUT2D eigenvalue weighted by molar-refractivity contribution is -0.0501. The Morgan fingerprint density at radius 1 is 1.24 bits per heavy atom. The van der Waals surface area contributed by atoms with Gasteiger partial charge in [0.15, 0.2) is 0 Å².